The first-order valence-corrected chi connectivity index (χ1v) is 13.3. The summed E-state index contributed by atoms with van der Waals surface area (Å²) in [5.74, 6) is -0.426. The van der Waals surface area contributed by atoms with Gasteiger partial charge >= 0.3 is 12.1 Å². The summed E-state index contributed by atoms with van der Waals surface area (Å²) in [7, 11) is 0. The van der Waals surface area contributed by atoms with Crippen molar-refractivity contribution in [2.75, 3.05) is 32.8 Å². The molecule has 0 radical (unpaired) electrons. The first-order valence-electron chi connectivity index (χ1n) is 13.3. The van der Waals surface area contributed by atoms with E-state index >= 15 is 0 Å². The van der Waals surface area contributed by atoms with Gasteiger partial charge in [-0.2, -0.15) is 0 Å². The van der Waals surface area contributed by atoms with Crippen LogP contribution in [0.4, 0.5) is 4.79 Å². The predicted octanol–water partition coefficient (Wildman–Crippen LogP) is 2.62. The van der Waals surface area contributed by atoms with Crippen molar-refractivity contribution < 1.29 is 28.7 Å². The number of benzene rings is 1. The number of carbonyl (C=O) groups excluding carboxylic acids is 4. The van der Waals surface area contributed by atoms with Crippen LogP contribution in [0.2, 0.25) is 0 Å². The lowest BCUT2D eigenvalue weighted by molar-refractivity contribution is -0.145. The van der Waals surface area contributed by atoms with Crippen LogP contribution in [0.15, 0.2) is 30.3 Å². The molecule has 2 aliphatic heterocycles. The van der Waals surface area contributed by atoms with Crippen LogP contribution in [0, 0.1) is 5.92 Å². The number of esters is 1. The fourth-order valence-corrected chi connectivity index (χ4v) is 4.82. The Hall–Kier alpha value is -2.85. The molecule has 2 aliphatic rings. The topological polar surface area (TPSA) is 131 Å². The molecule has 0 aromatic heterocycles. The first-order chi connectivity index (χ1) is 17.9. The Labute approximate surface area is 231 Å². The molecule has 2 saturated heterocycles. The van der Waals surface area contributed by atoms with Crippen LogP contribution in [0.1, 0.15) is 57.4 Å². The second-order valence-electron chi connectivity index (χ2n) is 9.81. The zero-order valence-electron chi connectivity index (χ0n) is 22.1. The Kier molecular flexibility index (Phi) is 13.4. The number of amides is 3. The molecule has 2 unspecified atom stereocenters. The number of halogens is 1. The number of carbonyl (C=O) groups is 4. The van der Waals surface area contributed by atoms with E-state index in [4.69, 9.17) is 15.2 Å². The van der Waals surface area contributed by atoms with E-state index in [1.165, 1.54) is 0 Å². The molecule has 1 aromatic rings. The predicted molar refractivity (Wildman–Crippen MR) is 144 cm³/mol. The maximum absolute atomic E-state index is 12.9. The van der Waals surface area contributed by atoms with E-state index in [2.05, 4.69) is 5.32 Å². The zero-order valence-corrected chi connectivity index (χ0v) is 23.0. The maximum atomic E-state index is 12.9. The molecular weight excluding hydrogens is 512 g/mol. The monoisotopic (exact) mass is 552 g/mol. The number of ether oxygens (including phenoxy) is 2. The van der Waals surface area contributed by atoms with Gasteiger partial charge in [0.25, 0.3) is 0 Å². The fourth-order valence-electron chi connectivity index (χ4n) is 4.82. The molecule has 3 N–H and O–H groups in total. The number of piperidine rings is 2. The van der Waals surface area contributed by atoms with Crippen molar-refractivity contribution in [3.63, 3.8) is 0 Å². The molecule has 10 nitrogen and oxygen atoms in total. The van der Waals surface area contributed by atoms with Crippen LogP contribution in [-0.4, -0.2) is 78.5 Å². The highest BCUT2D eigenvalue weighted by Gasteiger charge is 2.29. The van der Waals surface area contributed by atoms with E-state index in [9.17, 15) is 19.2 Å². The summed E-state index contributed by atoms with van der Waals surface area (Å²) in [6.07, 6.45) is 4.04. The molecule has 38 heavy (non-hydrogen) atoms. The molecule has 212 valence electrons. The van der Waals surface area contributed by atoms with Gasteiger partial charge in [-0.25, -0.2) is 4.79 Å². The van der Waals surface area contributed by atoms with Crippen LogP contribution in [0.3, 0.4) is 0 Å². The minimum Gasteiger partial charge on any atom is -0.466 e. The first kappa shape index (κ1) is 31.4. The summed E-state index contributed by atoms with van der Waals surface area (Å²) in [6, 6.07) is 8.47. The highest BCUT2D eigenvalue weighted by Crippen LogP contribution is 2.23. The Morgan fingerprint density at radius 2 is 1.74 bits per heavy atom. The van der Waals surface area contributed by atoms with Gasteiger partial charge in [0.15, 0.2) is 0 Å². The summed E-state index contributed by atoms with van der Waals surface area (Å²) in [5, 5.41) is 2.88. The number of hydrogen-bond donors (Lipinski definition) is 2. The Bertz CT molecular complexity index is 910. The van der Waals surface area contributed by atoms with Crippen LogP contribution in [0.5, 0.6) is 0 Å². The summed E-state index contributed by atoms with van der Waals surface area (Å²) in [6.45, 7) is 4.60. The van der Waals surface area contributed by atoms with Gasteiger partial charge in [0.05, 0.1) is 19.1 Å². The third kappa shape index (κ3) is 10.1. The van der Waals surface area contributed by atoms with Crippen LogP contribution in [-0.2, 0) is 30.5 Å². The van der Waals surface area contributed by atoms with Crippen molar-refractivity contribution in [3.05, 3.63) is 35.9 Å². The summed E-state index contributed by atoms with van der Waals surface area (Å²) in [5.41, 5.74) is 6.80. The number of likely N-dealkylation sites (tertiary alicyclic amines) is 2. The third-order valence-electron chi connectivity index (χ3n) is 6.99. The quantitative estimate of drug-likeness (QED) is 0.426. The number of rotatable bonds is 10. The number of hydrogen-bond acceptors (Lipinski definition) is 7. The SMILES string of the molecule is CCOC(=O)CC(N)C(=O)NC1CCCN(C(=O)CCC2CCN(C(=O)OCc3ccccc3)CC2)C1.Cl. The molecule has 3 amide bonds. The van der Waals surface area contributed by atoms with E-state index in [1.807, 2.05) is 30.3 Å². The van der Waals surface area contributed by atoms with Crippen LogP contribution < -0.4 is 11.1 Å². The van der Waals surface area contributed by atoms with Gasteiger partial charge in [0.2, 0.25) is 11.8 Å². The summed E-state index contributed by atoms with van der Waals surface area (Å²) >= 11 is 0. The molecule has 2 fully saturated rings. The van der Waals surface area contributed by atoms with E-state index in [-0.39, 0.29) is 50.1 Å². The zero-order chi connectivity index (χ0) is 26.6. The molecule has 0 spiro atoms. The average Bonchev–Trinajstić information content (AvgIpc) is 2.91. The lowest BCUT2D eigenvalue weighted by Gasteiger charge is -2.34. The maximum Gasteiger partial charge on any atom is 0.410 e. The summed E-state index contributed by atoms with van der Waals surface area (Å²) in [4.78, 5) is 52.7. The molecule has 3 rings (SSSR count). The van der Waals surface area contributed by atoms with Gasteiger partial charge < -0.3 is 30.3 Å². The second kappa shape index (κ2) is 16.2. The number of nitrogens with one attached hydrogen (secondary N) is 1. The van der Waals surface area contributed by atoms with Gasteiger partial charge in [0.1, 0.15) is 6.61 Å². The molecule has 1 aromatic carbocycles. The molecule has 11 heteroatoms. The van der Waals surface area contributed by atoms with Crippen molar-refractivity contribution in [1.29, 1.82) is 0 Å². The van der Waals surface area contributed by atoms with E-state index in [1.54, 1.807) is 16.7 Å². The molecule has 2 atom stereocenters. The van der Waals surface area contributed by atoms with Crippen LogP contribution in [0.25, 0.3) is 0 Å². The van der Waals surface area contributed by atoms with Crippen molar-refractivity contribution in [2.24, 2.45) is 11.7 Å². The number of nitrogens with zero attached hydrogens (tertiary/aromatic N) is 2. The van der Waals surface area contributed by atoms with Crippen molar-refractivity contribution in [1.82, 2.24) is 15.1 Å². The smallest absolute Gasteiger partial charge is 0.410 e. The summed E-state index contributed by atoms with van der Waals surface area (Å²) < 4.78 is 10.3. The largest absolute Gasteiger partial charge is 0.466 e. The van der Waals surface area contributed by atoms with Gasteiger partial charge in [-0.1, -0.05) is 30.3 Å². The van der Waals surface area contributed by atoms with Crippen LogP contribution >= 0.6 is 12.4 Å². The van der Waals surface area contributed by atoms with E-state index in [0.717, 1.165) is 37.7 Å². The Balaban J connectivity index is 0.00000507. The van der Waals surface area contributed by atoms with Gasteiger partial charge in [0, 0.05) is 38.6 Å². The molecule has 0 aliphatic carbocycles. The molecule has 0 bridgehead atoms. The standard InChI is InChI=1S/C27H40N4O6.ClH/c1-2-36-25(33)17-23(28)26(34)29-22-9-6-14-31(18-22)24(32)11-10-20-12-15-30(16-13-20)27(35)37-19-21-7-4-3-5-8-21;/h3-5,7-8,20,22-23H,2,6,9-19,28H2,1H3,(H,29,34);1H. The number of nitrogens with two attached hydrogens (primary N) is 1. The third-order valence-corrected chi connectivity index (χ3v) is 6.99. The van der Waals surface area contributed by atoms with Crippen molar-refractivity contribution in [2.45, 2.75) is 70.6 Å². The fraction of sp³-hybridized carbons (Fsp3) is 0.630. The van der Waals surface area contributed by atoms with Crippen molar-refractivity contribution >= 4 is 36.3 Å². The minimum atomic E-state index is -0.966. The minimum absolute atomic E-state index is 0. The van der Waals surface area contributed by atoms with Gasteiger partial charge in [-0.3, -0.25) is 14.4 Å². The van der Waals surface area contributed by atoms with Gasteiger partial charge in [-0.05, 0) is 50.5 Å². The molecule has 0 saturated carbocycles. The Morgan fingerprint density at radius 3 is 2.42 bits per heavy atom. The highest BCUT2D eigenvalue weighted by atomic mass is 35.5. The molecular formula is C27H41ClN4O6. The Morgan fingerprint density at radius 1 is 1.03 bits per heavy atom. The molecule has 2 heterocycles. The lowest BCUT2D eigenvalue weighted by atomic mass is 9.92. The van der Waals surface area contributed by atoms with E-state index < -0.39 is 17.9 Å². The second-order valence-corrected chi connectivity index (χ2v) is 9.81. The van der Waals surface area contributed by atoms with E-state index in [0.29, 0.717) is 38.5 Å². The highest BCUT2D eigenvalue weighted by molar-refractivity contribution is 5.86. The normalized spacial score (nSPS) is 18.6. The van der Waals surface area contributed by atoms with Gasteiger partial charge in [-0.15, -0.1) is 12.4 Å². The lowest BCUT2D eigenvalue weighted by Crippen LogP contribution is -2.53. The van der Waals surface area contributed by atoms with Crippen molar-refractivity contribution in [3.8, 4) is 0 Å². The average molecular weight is 553 g/mol.